The highest BCUT2D eigenvalue weighted by Gasteiger charge is 2.28. The molecule has 7 nitrogen and oxygen atoms in total. The lowest BCUT2D eigenvalue weighted by Gasteiger charge is -2.06. The van der Waals surface area contributed by atoms with Crippen LogP contribution in [0.2, 0.25) is 0 Å². The van der Waals surface area contributed by atoms with Gasteiger partial charge >= 0.3 is 0 Å². The molecule has 0 atom stereocenters. The number of hydrogen-bond donors (Lipinski definition) is 2. The van der Waals surface area contributed by atoms with Crippen LogP contribution in [0, 0.1) is 5.82 Å². The highest BCUT2D eigenvalue weighted by molar-refractivity contribution is 6.03. The Labute approximate surface area is 136 Å². The minimum absolute atomic E-state index is 0.241. The molecule has 1 aliphatic carbocycles. The molecular formula is C16H15FN6O. The molecule has 1 saturated carbocycles. The first-order valence-corrected chi connectivity index (χ1v) is 7.62. The van der Waals surface area contributed by atoms with E-state index in [1.54, 1.807) is 4.68 Å². The van der Waals surface area contributed by atoms with Crippen LogP contribution in [-0.4, -0.2) is 30.9 Å². The van der Waals surface area contributed by atoms with Crippen molar-refractivity contribution in [2.75, 3.05) is 5.32 Å². The van der Waals surface area contributed by atoms with Crippen LogP contribution in [0.5, 0.6) is 0 Å². The smallest absolute Gasteiger partial charge is 0.276 e. The van der Waals surface area contributed by atoms with Crippen molar-refractivity contribution < 1.29 is 9.18 Å². The molecule has 0 saturated heterocycles. The highest BCUT2D eigenvalue weighted by Crippen LogP contribution is 2.40. The third-order valence-corrected chi connectivity index (χ3v) is 4.04. The number of aromatic amines is 1. The Balaban J connectivity index is 1.57. The van der Waals surface area contributed by atoms with Crippen LogP contribution in [-0.2, 0) is 7.05 Å². The molecule has 0 spiro atoms. The Morgan fingerprint density at radius 3 is 2.92 bits per heavy atom. The lowest BCUT2D eigenvalue weighted by molar-refractivity contribution is 0.102. The fourth-order valence-electron chi connectivity index (χ4n) is 2.67. The number of H-pyrrole nitrogens is 1. The Morgan fingerprint density at radius 1 is 1.38 bits per heavy atom. The van der Waals surface area contributed by atoms with Crippen molar-refractivity contribution in [2.24, 2.45) is 7.05 Å². The third-order valence-electron chi connectivity index (χ3n) is 4.04. The molecule has 1 amide bonds. The lowest BCUT2D eigenvalue weighted by atomic mass is 10.1. The van der Waals surface area contributed by atoms with Crippen molar-refractivity contribution in [3.8, 4) is 11.4 Å². The first kappa shape index (κ1) is 14.6. The number of aryl methyl sites for hydroxylation is 1. The van der Waals surface area contributed by atoms with Crippen molar-refractivity contribution >= 4 is 11.6 Å². The zero-order valence-electron chi connectivity index (χ0n) is 13.0. The van der Waals surface area contributed by atoms with Crippen molar-refractivity contribution in [1.82, 2.24) is 25.0 Å². The molecule has 1 aromatic carbocycles. The second-order valence-electron chi connectivity index (χ2n) is 5.84. The second kappa shape index (κ2) is 5.55. The number of benzene rings is 1. The van der Waals surface area contributed by atoms with E-state index in [0.717, 1.165) is 18.5 Å². The van der Waals surface area contributed by atoms with Crippen LogP contribution in [0.25, 0.3) is 11.4 Å². The molecule has 122 valence electrons. The van der Waals surface area contributed by atoms with E-state index in [1.807, 2.05) is 13.1 Å². The average molecular weight is 326 g/mol. The molecule has 2 N–H and O–H groups in total. The molecule has 0 radical (unpaired) electrons. The fourth-order valence-corrected chi connectivity index (χ4v) is 2.67. The largest absolute Gasteiger partial charge is 0.321 e. The van der Waals surface area contributed by atoms with Gasteiger partial charge in [-0.3, -0.25) is 14.6 Å². The van der Waals surface area contributed by atoms with Crippen LogP contribution in [0.4, 0.5) is 10.1 Å². The number of amides is 1. The summed E-state index contributed by atoms with van der Waals surface area (Å²) in [6.07, 6.45) is 3.57. The molecule has 8 heteroatoms. The summed E-state index contributed by atoms with van der Waals surface area (Å²) in [4.78, 5) is 16.3. The second-order valence-corrected chi connectivity index (χ2v) is 5.84. The molecule has 2 heterocycles. The zero-order valence-corrected chi connectivity index (χ0v) is 13.0. The predicted octanol–water partition coefficient (Wildman–Crippen LogP) is 2.47. The minimum atomic E-state index is -0.446. The van der Waals surface area contributed by atoms with E-state index in [9.17, 15) is 9.18 Å². The third kappa shape index (κ3) is 2.66. The molecular weight excluding hydrogens is 311 g/mol. The van der Waals surface area contributed by atoms with Crippen LogP contribution in [0.15, 0.2) is 30.6 Å². The number of halogens is 1. The summed E-state index contributed by atoms with van der Waals surface area (Å²) in [6, 6.07) is 6.10. The number of rotatable bonds is 4. The molecule has 24 heavy (non-hydrogen) atoms. The minimum Gasteiger partial charge on any atom is -0.321 e. The van der Waals surface area contributed by atoms with Gasteiger partial charge in [-0.05, 0) is 37.1 Å². The Morgan fingerprint density at radius 2 is 2.21 bits per heavy atom. The quantitative estimate of drug-likeness (QED) is 0.771. The lowest BCUT2D eigenvalue weighted by Crippen LogP contribution is -2.13. The number of nitrogens with one attached hydrogen (secondary N) is 2. The van der Waals surface area contributed by atoms with Crippen LogP contribution >= 0.6 is 0 Å². The van der Waals surface area contributed by atoms with Crippen molar-refractivity contribution in [1.29, 1.82) is 0 Å². The van der Waals surface area contributed by atoms with Gasteiger partial charge in [-0.25, -0.2) is 9.37 Å². The maximum absolute atomic E-state index is 13.9. The van der Waals surface area contributed by atoms with Gasteiger partial charge in [0, 0.05) is 24.3 Å². The zero-order chi connectivity index (χ0) is 16.7. The van der Waals surface area contributed by atoms with Crippen molar-refractivity contribution in [2.45, 2.75) is 18.8 Å². The number of aromatic nitrogens is 5. The maximum Gasteiger partial charge on any atom is 0.276 e. The van der Waals surface area contributed by atoms with E-state index in [-0.39, 0.29) is 11.5 Å². The first-order chi connectivity index (χ1) is 11.6. The van der Waals surface area contributed by atoms with E-state index in [0.29, 0.717) is 23.1 Å². The number of hydrogen-bond acceptors (Lipinski definition) is 4. The monoisotopic (exact) mass is 326 g/mol. The number of anilines is 1. The normalized spacial score (nSPS) is 13.9. The fraction of sp³-hybridized carbons (Fsp3) is 0.250. The first-order valence-electron chi connectivity index (χ1n) is 7.62. The summed E-state index contributed by atoms with van der Waals surface area (Å²) >= 11 is 0. The summed E-state index contributed by atoms with van der Waals surface area (Å²) in [5.74, 6) is 0.0385. The SMILES string of the molecule is Cn1nc(C(=O)Nc2ccc(F)c(-c3ncn[nH]3)c2)cc1C1CC1. The van der Waals surface area contributed by atoms with E-state index in [4.69, 9.17) is 0 Å². The van der Waals surface area contributed by atoms with Crippen molar-refractivity contribution in [3.63, 3.8) is 0 Å². The van der Waals surface area contributed by atoms with E-state index in [2.05, 4.69) is 25.6 Å². The van der Waals surface area contributed by atoms with Gasteiger partial charge in [-0.2, -0.15) is 10.2 Å². The summed E-state index contributed by atoms with van der Waals surface area (Å²) in [5.41, 5.74) is 2.13. The predicted molar refractivity (Wildman–Crippen MR) is 84.9 cm³/mol. The number of carbonyl (C=O) groups excluding carboxylic acids is 1. The molecule has 1 fully saturated rings. The highest BCUT2D eigenvalue weighted by atomic mass is 19.1. The van der Waals surface area contributed by atoms with E-state index in [1.165, 1.54) is 24.5 Å². The van der Waals surface area contributed by atoms with Gasteiger partial charge in [0.05, 0.1) is 5.56 Å². The van der Waals surface area contributed by atoms with Gasteiger partial charge < -0.3 is 5.32 Å². The summed E-state index contributed by atoms with van der Waals surface area (Å²) < 4.78 is 15.7. The van der Waals surface area contributed by atoms with Crippen LogP contribution in [0.1, 0.15) is 34.9 Å². The van der Waals surface area contributed by atoms with Crippen LogP contribution < -0.4 is 5.32 Å². The molecule has 0 bridgehead atoms. The molecule has 0 unspecified atom stereocenters. The van der Waals surface area contributed by atoms with E-state index < -0.39 is 5.82 Å². The summed E-state index contributed by atoms with van der Waals surface area (Å²) in [7, 11) is 1.84. The van der Waals surface area contributed by atoms with Gasteiger partial charge in [0.25, 0.3) is 5.91 Å². The van der Waals surface area contributed by atoms with Gasteiger partial charge in [0.2, 0.25) is 0 Å². The Hall–Kier alpha value is -3.03. The molecule has 0 aliphatic heterocycles. The number of carbonyl (C=O) groups is 1. The summed E-state index contributed by atoms with van der Waals surface area (Å²) in [6.45, 7) is 0. The average Bonchev–Trinajstić information content (AvgIpc) is 3.10. The van der Waals surface area contributed by atoms with Gasteiger partial charge in [0.1, 0.15) is 12.1 Å². The molecule has 3 aromatic rings. The van der Waals surface area contributed by atoms with Gasteiger partial charge in [-0.15, -0.1) is 0 Å². The van der Waals surface area contributed by atoms with Gasteiger partial charge in [-0.1, -0.05) is 0 Å². The topological polar surface area (TPSA) is 88.5 Å². The summed E-state index contributed by atoms with van der Waals surface area (Å²) in [5, 5.41) is 13.3. The van der Waals surface area contributed by atoms with Crippen LogP contribution in [0.3, 0.4) is 0 Å². The molecule has 2 aromatic heterocycles. The molecule has 4 rings (SSSR count). The Kier molecular flexibility index (Phi) is 3.37. The van der Waals surface area contributed by atoms with Crippen molar-refractivity contribution in [3.05, 3.63) is 47.8 Å². The molecule has 1 aliphatic rings. The number of nitrogens with zero attached hydrogens (tertiary/aromatic N) is 4. The van der Waals surface area contributed by atoms with E-state index >= 15 is 0 Å². The Bertz CT molecular complexity index is 897. The maximum atomic E-state index is 13.9. The standard InChI is InChI=1S/C16H15FN6O/c1-23-14(9-2-3-9)7-13(22-23)16(24)20-10-4-5-12(17)11(6-10)15-18-8-19-21-15/h4-9H,2-3H2,1H3,(H,20,24)(H,18,19,21). The van der Waals surface area contributed by atoms with Gasteiger partial charge in [0.15, 0.2) is 11.5 Å².